The summed E-state index contributed by atoms with van der Waals surface area (Å²) in [6.45, 7) is 3.81. The zero-order valence-electron chi connectivity index (χ0n) is 10.1. The maximum atomic E-state index is 11.5. The molecule has 2 rings (SSSR count). The molecule has 0 saturated carbocycles. The van der Waals surface area contributed by atoms with Gasteiger partial charge >= 0.3 is 11.7 Å². The zero-order valence-corrected chi connectivity index (χ0v) is 10.9. The summed E-state index contributed by atoms with van der Waals surface area (Å²) in [7, 11) is 0. The Hall–Kier alpha value is -1.28. The maximum absolute atomic E-state index is 11.5. The first-order chi connectivity index (χ1) is 8.56. The first-order valence-corrected chi connectivity index (χ1v) is 6.65. The molecule has 0 aromatic carbocycles. The van der Waals surface area contributed by atoms with Crippen LogP contribution in [0.25, 0.3) is 0 Å². The molecule has 100 valence electrons. The van der Waals surface area contributed by atoms with E-state index < -0.39 is 5.97 Å². The van der Waals surface area contributed by atoms with Gasteiger partial charge in [-0.1, -0.05) is 18.7 Å². The molecule has 1 aliphatic rings. The third-order valence-electron chi connectivity index (χ3n) is 2.85. The normalized spacial score (nSPS) is 17.4. The highest BCUT2D eigenvalue weighted by molar-refractivity contribution is 8.00. The lowest BCUT2D eigenvalue weighted by Crippen LogP contribution is -2.58. The van der Waals surface area contributed by atoms with E-state index in [1.807, 2.05) is 6.92 Å². The van der Waals surface area contributed by atoms with Crippen LogP contribution in [0.1, 0.15) is 19.8 Å². The molecule has 8 heteroatoms. The van der Waals surface area contributed by atoms with Gasteiger partial charge < -0.3 is 10.4 Å². The van der Waals surface area contributed by atoms with Crippen molar-refractivity contribution in [2.24, 2.45) is 0 Å². The van der Waals surface area contributed by atoms with Crippen molar-refractivity contribution in [3.8, 4) is 0 Å². The van der Waals surface area contributed by atoms with Crippen LogP contribution in [0.5, 0.6) is 0 Å². The molecule has 1 aromatic rings. The largest absolute Gasteiger partial charge is 0.481 e. The Kier molecular flexibility index (Phi) is 3.76. The molecular weight excluding hydrogens is 256 g/mol. The third-order valence-corrected chi connectivity index (χ3v) is 4.21. The van der Waals surface area contributed by atoms with Gasteiger partial charge in [-0.25, -0.2) is 9.89 Å². The number of H-pyrrole nitrogens is 1. The summed E-state index contributed by atoms with van der Waals surface area (Å²) < 4.78 is 1.18. The van der Waals surface area contributed by atoms with Crippen LogP contribution in [0.15, 0.2) is 9.95 Å². The molecule has 2 heterocycles. The van der Waals surface area contributed by atoms with Crippen LogP contribution in [0, 0.1) is 0 Å². The lowest BCUT2D eigenvalue weighted by Gasteiger charge is -2.40. The van der Waals surface area contributed by atoms with Crippen LogP contribution in [-0.4, -0.2) is 43.7 Å². The van der Waals surface area contributed by atoms with E-state index in [0.29, 0.717) is 24.8 Å². The summed E-state index contributed by atoms with van der Waals surface area (Å²) >= 11 is 1.37. The lowest BCUT2D eigenvalue weighted by atomic mass is 9.98. The van der Waals surface area contributed by atoms with Gasteiger partial charge in [0.1, 0.15) is 0 Å². The number of rotatable bonds is 6. The van der Waals surface area contributed by atoms with Crippen molar-refractivity contribution in [2.45, 2.75) is 36.2 Å². The molecule has 1 aromatic heterocycles. The molecule has 0 atom stereocenters. The standard InChI is InChI=1S/C10H16N4O3S/c1-2-3-14-8(17)12-13-9(14)18-10(4-7(15)16)5-11-6-10/h11H,2-6H2,1H3,(H,12,17)(H,15,16). The smallest absolute Gasteiger partial charge is 0.343 e. The maximum Gasteiger partial charge on any atom is 0.343 e. The van der Waals surface area contributed by atoms with Crippen LogP contribution in [0.4, 0.5) is 0 Å². The number of carboxylic acid groups (broad SMARTS) is 1. The summed E-state index contributed by atoms with van der Waals surface area (Å²) in [6, 6.07) is 0. The number of aromatic nitrogens is 3. The Morgan fingerprint density at radius 2 is 2.33 bits per heavy atom. The van der Waals surface area contributed by atoms with Gasteiger partial charge in [0.25, 0.3) is 0 Å². The van der Waals surface area contributed by atoms with Gasteiger partial charge in [-0.15, -0.1) is 5.10 Å². The minimum absolute atomic E-state index is 0.0673. The van der Waals surface area contributed by atoms with Gasteiger partial charge in [-0.2, -0.15) is 0 Å². The van der Waals surface area contributed by atoms with E-state index in [2.05, 4.69) is 15.5 Å². The predicted molar refractivity (Wildman–Crippen MR) is 66.8 cm³/mol. The molecule has 0 spiro atoms. The van der Waals surface area contributed by atoms with Crippen LogP contribution < -0.4 is 11.0 Å². The fourth-order valence-corrected chi connectivity index (χ4v) is 3.22. The van der Waals surface area contributed by atoms with E-state index in [-0.39, 0.29) is 16.9 Å². The Morgan fingerprint density at radius 1 is 1.61 bits per heavy atom. The number of nitrogens with one attached hydrogen (secondary N) is 2. The molecule has 0 aliphatic carbocycles. The first kappa shape index (κ1) is 13.2. The number of carboxylic acids is 1. The van der Waals surface area contributed by atoms with Crippen molar-refractivity contribution in [1.29, 1.82) is 0 Å². The van der Waals surface area contributed by atoms with Gasteiger partial charge in [0.15, 0.2) is 5.16 Å². The van der Waals surface area contributed by atoms with Crippen molar-refractivity contribution in [2.75, 3.05) is 13.1 Å². The molecule has 7 nitrogen and oxygen atoms in total. The summed E-state index contributed by atoms with van der Waals surface area (Å²) in [4.78, 5) is 22.4. The molecule has 1 saturated heterocycles. The number of aliphatic carboxylic acids is 1. The van der Waals surface area contributed by atoms with Gasteiger partial charge in [0.05, 0.1) is 11.2 Å². The lowest BCUT2D eigenvalue weighted by molar-refractivity contribution is -0.138. The molecule has 1 fully saturated rings. The van der Waals surface area contributed by atoms with Crippen LogP contribution in [0.2, 0.25) is 0 Å². The second kappa shape index (κ2) is 5.15. The minimum Gasteiger partial charge on any atom is -0.481 e. The number of aromatic amines is 1. The fraction of sp³-hybridized carbons (Fsp3) is 0.700. The average molecular weight is 272 g/mol. The predicted octanol–water partition coefficient (Wildman–Crippen LogP) is -0.110. The molecule has 0 radical (unpaired) electrons. The van der Waals surface area contributed by atoms with Crippen molar-refractivity contribution >= 4 is 17.7 Å². The van der Waals surface area contributed by atoms with Crippen LogP contribution in [-0.2, 0) is 11.3 Å². The van der Waals surface area contributed by atoms with Crippen molar-refractivity contribution in [1.82, 2.24) is 20.1 Å². The molecule has 3 N–H and O–H groups in total. The number of nitrogens with zero attached hydrogens (tertiary/aromatic N) is 2. The third kappa shape index (κ3) is 2.59. The fourth-order valence-electron chi connectivity index (χ4n) is 1.91. The zero-order chi connectivity index (χ0) is 13.2. The average Bonchev–Trinajstić information content (AvgIpc) is 2.58. The van der Waals surface area contributed by atoms with Crippen LogP contribution in [0.3, 0.4) is 0 Å². The van der Waals surface area contributed by atoms with E-state index in [1.54, 1.807) is 4.57 Å². The molecule has 1 aliphatic heterocycles. The quantitative estimate of drug-likeness (QED) is 0.668. The van der Waals surface area contributed by atoms with Crippen LogP contribution >= 0.6 is 11.8 Å². The van der Waals surface area contributed by atoms with E-state index in [9.17, 15) is 9.59 Å². The van der Waals surface area contributed by atoms with E-state index >= 15 is 0 Å². The van der Waals surface area contributed by atoms with Gasteiger partial charge in [0.2, 0.25) is 0 Å². The highest BCUT2D eigenvalue weighted by Gasteiger charge is 2.41. The SMILES string of the molecule is CCCn1c(SC2(CC(=O)O)CNC2)n[nH]c1=O. The monoisotopic (exact) mass is 272 g/mol. The van der Waals surface area contributed by atoms with Crippen molar-refractivity contribution in [3.63, 3.8) is 0 Å². The Bertz CT molecular complexity index is 492. The Labute approximate surface area is 108 Å². The summed E-state index contributed by atoms with van der Waals surface area (Å²) in [5.74, 6) is -0.830. The first-order valence-electron chi connectivity index (χ1n) is 5.83. The number of hydrogen-bond acceptors (Lipinski definition) is 5. The molecule has 18 heavy (non-hydrogen) atoms. The van der Waals surface area contributed by atoms with E-state index in [0.717, 1.165) is 6.42 Å². The van der Waals surface area contributed by atoms with E-state index in [4.69, 9.17) is 5.11 Å². The number of hydrogen-bond donors (Lipinski definition) is 3. The number of thioether (sulfide) groups is 1. The Morgan fingerprint density at radius 3 is 2.83 bits per heavy atom. The molecule has 0 bridgehead atoms. The highest BCUT2D eigenvalue weighted by Crippen LogP contribution is 2.37. The Balaban J connectivity index is 2.17. The topological polar surface area (TPSA) is 100 Å². The second-order valence-corrected chi connectivity index (χ2v) is 5.86. The van der Waals surface area contributed by atoms with Gasteiger partial charge in [0, 0.05) is 19.6 Å². The van der Waals surface area contributed by atoms with Gasteiger partial charge in [-0.3, -0.25) is 9.36 Å². The van der Waals surface area contributed by atoms with Gasteiger partial charge in [-0.05, 0) is 6.42 Å². The second-order valence-electron chi connectivity index (χ2n) is 4.42. The van der Waals surface area contributed by atoms with Crippen molar-refractivity contribution < 1.29 is 9.90 Å². The molecule has 0 amide bonds. The van der Waals surface area contributed by atoms with E-state index in [1.165, 1.54) is 11.8 Å². The molecular formula is C10H16N4O3S. The van der Waals surface area contributed by atoms with Crippen molar-refractivity contribution in [3.05, 3.63) is 10.5 Å². The number of carbonyl (C=O) groups is 1. The summed E-state index contributed by atoms with van der Waals surface area (Å²) in [5.41, 5.74) is -0.239. The molecule has 0 unspecified atom stereocenters. The summed E-state index contributed by atoms with van der Waals surface area (Å²) in [5, 5.41) is 19.0. The summed E-state index contributed by atoms with van der Waals surface area (Å²) in [6.07, 6.45) is 0.898. The highest BCUT2D eigenvalue weighted by atomic mass is 32.2. The minimum atomic E-state index is -0.830.